The highest BCUT2D eigenvalue weighted by molar-refractivity contribution is 6.23. The van der Waals surface area contributed by atoms with Crippen LogP contribution in [0, 0.1) is 0 Å². The number of rotatable bonds is 2. The second-order valence-corrected chi connectivity index (χ2v) is 11.2. The van der Waals surface area contributed by atoms with Gasteiger partial charge < -0.3 is 13.3 Å². The van der Waals surface area contributed by atoms with Gasteiger partial charge in [-0.05, 0) is 86.3 Å². The van der Waals surface area contributed by atoms with E-state index in [1.165, 1.54) is 38.2 Å². The maximum Gasteiger partial charge on any atom is 0.178 e. The minimum atomic E-state index is 0.790. The lowest BCUT2D eigenvalue weighted by Gasteiger charge is -2.17. The van der Waals surface area contributed by atoms with E-state index in [1.54, 1.807) is 6.26 Å². The highest BCUT2D eigenvalue weighted by Gasteiger charge is 2.19. The molecule has 3 aromatic heterocycles. The van der Waals surface area contributed by atoms with Crippen molar-refractivity contribution in [1.82, 2.24) is 0 Å². The van der Waals surface area contributed by atoms with Crippen LogP contribution in [0.5, 0.6) is 0 Å². The first-order valence-corrected chi connectivity index (χ1v) is 14.5. The molecule has 0 bridgehead atoms. The van der Waals surface area contributed by atoms with E-state index in [2.05, 4.69) is 109 Å². The van der Waals surface area contributed by atoms with Gasteiger partial charge in [-0.25, -0.2) is 0 Å². The third-order valence-electron chi connectivity index (χ3n) is 8.95. The molecule has 0 saturated heterocycles. The van der Waals surface area contributed by atoms with E-state index < -0.39 is 0 Å². The molecule has 10 aromatic rings. The van der Waals surface area contributed by atoms with E-state index >= 15 is 0 Å². The molecule has 43 heavy (non-hydrogen) atoms. The van der Waals surface area contributed by atoms with Gasteiger partial charge in [-0.15, -0.1) is 0 Å². The minimum Gasteiger partial charge on any atom is -0.460 e. The van der Waals surface area contributed by atoms with Crippen LogP contribution in [-0.4, -0.2) is 0 Å². The van der Waals surface area contributed by atoms with Crippen LogP contribution in [0.3, 0.4) is 0 Å². The molecule has 0 atom stereocenters. The highest BCUT2D eigenvalue weighted by atomic mass is 16.4. The van der Waals surface area contributed by atoms with Gasteiger partial charge >= 0.3 is 0 Å². The van der Waals surface area contributed by atoms with Crippen molar-refractivity contribution < 1.29 is 13.3 Å². The summed E-state index contributed by atoms with van der Waals surface area (Å²) in [5, 5.41) is 10.3. The lowest BCUT2D eigenvalue weighted by Crippen LogP contribution is -1.90. The zero-order valence-corrected chi connectivity index (χ0v) is 22.9. The van der Waals surface area contributed by atoms with Crippen molar-refractivity contribution in [2.24, 2.45) is 0 Å². The van der Waals surface area contributed by atoms with Crippen molar-refractivity contribution >= 4 is 76.4 Å². The molecule has 0 spiro atoms. The Balaban J connectivity index is 1.27. The van der Waals surface area contributed by atoms with E-state index in [9.17, 15) is 0 Å². The van der Waals surface area contributed by atoms with Crippen molar-refractivity contribution in [3.05, 3.63) is 134 Å². The van der Waals surface area contributed by atoms with Gasteiger partial charge in [-0.1, -0.05) is 84.9 Å². The van der Waals surface area contributed by atoms with Crippen LogP contribution in [0.4, 0.5) is 0 Å². The number of furan rings is 3. The van der Waals surface area contributed by atoms with Crippen molar-refractivity contribution in [3.8, 4) is 22.3 Å². The van der Waals surface area contributed by atoms with Crippen molar-refractivity contribution in [3.63, 3.8) is 0 Å². The van der Waals surface area contributed by atoms with Gasteiger partial charge in [0.1, 0.15) is 16.7 Å². The standard InChI is InChI=1S/C40H22O3/c1-3-10-30-28(8-1)37(24-15-18-35-33(21-24)26-7-5-6-12-34(26)42-35)29-9-2-4-11-31(29)38(30)25-14-16-27-32-17-13-23-19-20-41-39(23)40(32)43-36(27)22-25/h1-22H. The molecule has 0 aliphatic heterocycles. The summed E-state index contributed by atoms with van der Waals surface area (Å²) in [6.45, 7) is 0. The number of fused-ring (bicyclic) bond motifs is 10. The Morgan fingerprint density at radius 1 is 0.349 bits per heavy atom. The maximum absolute atomic E-state index is 6.47. The molecule has 7 aromatic carbocycles. The fourth-order valence-electron chi connectivity index (χ4n) is 7.05. The van der Waals surface area contributed by atoms with Crippen molar-refractivity contribution in [2.45, 2.75) is 0 Å². The van der Waals surface area contributed by atoms with E-state index in [1.807, 2.05) is 18.2 Å². The summed E-state index contributed by atoms with van der Waals surface area (Å²) in [6, 6.07) is 45.1. The summed E-state index contributed by atoms with van der Waals surface area (Å²) in [4.78, 5) is 0. The molecule has 0 fully saturated rings. The van der Waals surface area contributed by atoms with Crippen LogP contribution in [0.2, 0.25) is 0 Å². The topological polar surface area (TPSA) is 39.4 Å². The molecule has 0 amide bonds. The number of hydrogen-bond acceptors (Lipinski definition) is 3. The molecule has 0 aliphatic rings. The normalized spacial score (nSPS) is 12.2. The van der Waals surface area contributed by atoms with Crippen LogP contribution >= 0.6 is 0 Å². The average molecular weight is 551 g/mol. The number of para-hydroxylation sites is 1. The number of benzene rings is 7. The molecule has 3 heteroatoms. The summed E-state index contributed by atoms with van der Waals surface area (Å²) < 4.78 is 18.4. The van der Waals surface area contributed by atoms with Gasteiger partial charge in [-0.2, -0.15) is 0 Å². The monoisotopic (exact) mass is 550 g/mol. The third kappa shape index (κ3) is 3.14. The van der Waals surface area contributed by atoms with Gasteiger partial charge in [0.05, 0.1) is 6.26 Å². The SMILES string of the molecule is c1ccc2c(c1)oc1ccc(-c3c4ccccc4c(-c4ccc5c(c4)oc4c5ccc5ccoc54)c4ccccc34)cc12. The molecule has 0 radical (unpaired) electrons. The first-order chi connectivity index (χ1) is 21.3. The number of hydrogen-bond donors (Lipinski definition) is 0. The first kappa shape index (κ1) is 22.8. The Morgan fingerprint density at radius 3 is 1.67 bits per heavy atom. The second-order valence-electron chi connectivity index (χ2n) is 11.2. The molecule has 3 nitrogen and oxygen atoms in total. The summed E-state index contributed by atoms with van der Waals surface area (Å²) in [7, 11) is 0. The van der Waals surface area contributed by atoms with Crippen molar-refractivity contribution in [1.29, 1.82) is 0 Å². The Hall–Kier alpha value is -5.80. The van der Waals surface area contributed by atoms with Crippen LogP contribution in [-0.2, 0) is 0 Å². The maximum atomic E-state index is 6.47. The smallest absolute Gasteiger partial charge is 0.178 e. The second kappa shape index (κ2) is 8.37. The third-order valence-corrected chi connectivity index (χ3v) is 8.95. The lowest BCUT2D eigenvalue weighted by atomic mass is 9.85. The van der Waals surface area contributed by atoms with Gasteiger partial charge in [0.15, 0.2) is 11.2 Å². The fraction of sp³-hybridized carbons (Fsp3) is 0. The zero-order chi connectivity index (χ0) is 28.1. The molecule has 3 heterocycles. The fourth-order valence-corrected chi connectivity index (χ4v) is 7.05. The largest absolute Gasteiger partial charge is 0.460 e. The van der Waals surface area contributed by atoms with Crippen LogP contribution in [0.1, 0.15) is 0 Å². The Morgan fingerprint density at radius 2 is 0.930 bits per heavy atom. The molecule has 10 rings (SSSR count). The van der Waals surface area contributed by atoms with E-state index in [0.717, 1.165) is 60.4 Å². The Kier molecular flexibility index (Phi) is 4.45. The van der Waals surface area contributed by atoms with Crippen LogP contribution in [0.15, 0.2) is 147 Å². The zero-order valence-electron chi connectivity index (χ0n) is 22.9. The van der Waals surface area contributed by atoms with Crippen LogP contribution < -0.4 is 0 Å². The molecular formula is C40H22O3. The first-order valence-electron chi connectivity index (χ1n) is 14.5. The molecule has 0 N–H and O–H groups in total. The van der Waals surface area contributed by atoms with E-state index in [-0.39, 0.29) is 0 Å². The van der Waals surface area contributed by atoms with Gasteiger partial charge in [-0.3, -0.25) is 0 Å². The average Bonchev–Trinajstić information content (AvgIpc) is 3.78. The molecule has 0 unspecified atom stereocenters. The highest BCUT2D eigenvalue weighted by Crippen LogP contribution is 2.46. The quantitative estimate of drug-likeness (QED) is 0.201. The molecule has 0 saturated carbocycles. The molecule has 200 valence electrons. The molecule has 0 aliphatic carbocycles. The Labute approximate surface area is 245 Å². The molecular weight excluding hydrogens is 528 g/mol. The van der Waals surface area contributed by atoms with Crippen LogP contribution in [0.25, 0.3) is 98.6 Å². The predicted molar refractivity (Wildman–Crippen MR) is 177 cm³/mol. The lowest BCUT2D eigenvalue weighted by molar-refractivity contribution is 0.600. The summed E-state index contributed by atoms with van der Waals surface area (Å²) in [6.07, 6.45) is 1.72. The minimum absolute atomic E-state index is 0.790. The van der Waals surface area contributed by atoms with Gasteiger partial charge in [0.25, 0.3) is 0 Å². The predicted octanol–water partition coefficient (Wildman–Crippen LogP) is 11.9. The summed E-state index contributed by atoms with van der Waals surface area (Å²) in [5.41, 5.74) is 8.98. The Bertz CT molecular complexity index is 2680. The van der Waals surface area contributed by atoms with Gasteiger partial charge in [0.2, 0.25) is 0 Å². The summed E-state index contributed by atoms with van der Waals surface area (Å²) in [5.74, 6) is 0. The van der Waals surface area contributed by atoms with Gasteiger partial charge in [0, 0.05) is 26.9 Å². The van der Waals surface area contributed by atoms with E-state index in [0.29, 0.717) is 0 Å². The van der Waals surface area contributed by atoms with Crippen molar-refractivity contribution in [2.75, 3.05) is 0 Å². The summed E-state index contributed by atoms with van der Waals surface area (Å²) >= 11 is 0. The van der Waals surface area contributed by atoms with E-state index in [4.69, 9.17) is 13.3 Å².